The molecule has 1 aromatic rings. The number of rotatable bonds is 4. The summed E-state index contributed by atoms with van der Waals surface area (Å²) in [6, 6.07) is 2.80. The molecule has 0 amide bonds. The second-order valence-corrected chi connectivity index (χ2v) is 5.85. The van der Waals surface area contributed by atoms with Crippen LogP contribution in [0.15, 0.2) is 12.3 Å². The van der Waals surface area contributed by atoms with Crippen LogP contribution in [0.25, 0.3) is 0 Å². The first-order chi connectivity index (χ1) is 9.31. The molecule has 2 aliphatic rings. The Kier molecular flexibility index (Phi) is 4.15. The van der Waals surface area contributed by atoms with Crippen molar-refractivity contribution in [1.82, 2.24) is 25.1 Å². The Morgan fingerprint density at radius 3 is 2.68 bits per heavy atom. The fraction of sp³-hybridized carbons (Fsp3) is 0.786. The van der Waals surface area contributed by atoms with Crippen LogP contribution in [0.4, 0.5) is 0 Å². The lowest BCUT2D eigenvalue weighted by molar-refractivity contribution is 0.101. The molecule has 1 aliphatic carbocycles. The zero-order valence-corrected chi connectivity index (χ0v) is 11.9. The molecule has 0 spiro atoms. The summed E-state index contributed by atoms with van der Waals surface area (Å²) in [7, 11) is 2.18. The Bertz CT molecular complexity index is 388. The summed E-state index contributed by atoms with van der Waals surface area (Å²) in [6.45, 7) is 5.33. The first kappa shape index (κ1) is 13.1. The lowest BCUT2D eigenvalue weighted by Crippen LogP contribution is -2.50. The molecule has 2 fully saturated rings. The molecule has 3 rings (SSSR count). The predicted octanol–water partition coefficient (Wildman–Crippen LogP) is 1.25. The van der Waals surface area contributed by atoms with E-state index in [1.54, 1.807) is 0 Å². The molecule has 0 unspecified atom stereocenters. The van der Waals surface area contributed by atoms with Crippen molar-refractivity contribution >= 4 is 0 Å². The molecule has 1 saturated heterocycles. The maximum Gasteiger partial charge on any atom is 0.0776 e. The van der Waals surface area contributed by atoms with E-state index in [0.29, 0.717) is 6.04 Å². The lowest BCUT2D eigenvalue weighted by Gasteiger charge is -2.32. The zero-order chi connectivity index (χ0) is 13.1. The fourth-order valence-corrected chi connectivity index (χ4v) is 3.00. The summed E-state index contributed by atoms with van der Waals surface area (Å²) >= 11 is 0. The first-order valence-electron chi connectivity index (χ1n) is 7.52. The molecule has 0 bridgehead atoms. The highest BCUT2D eigenvalue weighted by Crippen LogP contribution is 2.28. The van der Waals surface area contributed by atoms with E-state index in [-0.39, 0.29) is 0 Å². The average molecular weight is 263 g/mol. The van der Waals surface area contributed by atoms with Crippen LogP contribution in [0.1, 0.15) is 37.4 Å². The first-order valence-corrected chi connectivity index (χ1v) is 7.52. The Morgan fingerprint density at radius 1 is 1.21 bits per heavy atom. The van der Waals surface area contributed by atoms with Crippen molar-refractivity contribution in [2.24, 2.45) is 0 Å². The summed E-state index contributed by atoms with van der Waals surface area (Å²) in [4.78, 5) is 2.37. The zero-order valence-electron chi connectivity index (χ0n) is 11.9. The number of hydrogen-bond acceptors (Lipinski definition) is 4. The number of aromatic nitrogens is 2. The van der Waals surface area contributed by atoms with Gasteiger partial charge in [0, 0.05) is 32.4 Å². The molecule has 1 N–H and O–H groups in total. The van der Waals surface area contributed by atoms with Gasteiger partial charge in [0.1, 0.15) is 0 Å². The van der Waals surface area contributed by atoms with Crippen molar-refractivity contribution in [2.45, 2.75) is 38.3 Å². The molecule has 5 heteroatoms. The van der Waals surface area contributed by atoms with Crippen molar-refractivity contribution in [3.63, 3.8) is 0 Å². The largest absolute Gasteiger partial charge is 0.304 e. The fourth-order valence-electron chi connectivity index (χ4n) is 3.00. The highest BCUT2D eigenvalue weighted by molar-refractivity contribution is 4.99. The van der Waals surface area contributed by atoms with E-state index in [1.165, 1.54) is 25.7 Å². The van der Waals surface area contributed by atoms with Gasteiger partial charge < -0.3 is 4.90 Å². The van der Waals surface area contributed by atoms with Crippen LogP contribution >= 0.6 is 0 Å². The molecule has 0 radical (unpaired) electrons. The van der Waals surface area contributed by atoms with E-state index in [4.69, 9.17) is 5.10 Å². The van der Waals surface area contributed by atoms with E-state index in [1.807, 2.05) is 0 Å². The third kappa shape index (κ3) is 3.35. The normalized spacial score (nSPS) is 23.2. The van der Waals surface area contributed by atoms with Gasteiger partial charge in [-0.1, -0.05) is 12.8 Å². The topological polar surface area (TPSA) is 36.3 Å². The number of nitrogens with one attached hydrogen (secondary N) is 1. The Morgan fingerprint density at radius 2 is 1.95 bits per heavy atom. The molecule has 1 aromatic heterocycles. The van der Waals surface area contributed by atoms with Crippen molar-refractivity contribution in [1.29, 1.82) is 0 Å². The molecule has 5 nitrogen and oxygen atoms in total. The van der Waals surface area contributed by atoms with E-state index < -0.39 is 0 Å². The summed E-state index contributed by atoms with van der Waals surface area (Å²) in [5.74, 6) is 0. The van der Waals surface area contributed by atoms with E-state index in [9.17, 15) is 0 Å². The summed E-state index contributed by atoms with van der Waals surface area (Å²) in [6.07, 6.45) is 7.47. The Labute approximate surface area is 115 Å². The van der Waals surface area contributed by atoms with Gasteiger partial charge in [-0.05, 0) is 26.0 Å². The molecule has 1 aliphatic heterocycles. The quantitative estimate of drug-likeness (QED) is 0.887. The molecule has 1 saturated carbocycles. The van der Waals surface area contributed by atoms with Crippen LogP contribution in [-0.4, -0.2) is 52.9 Å². The van der Waals surface area contributed by atoms with Gasteiger partial charge in [-0.25, -0.2) is 10.4 Å². The van der Waals surface area contributed by atoms with Crippen LogP contribution in [0.3, 0.4) is 0 Å². The number of piperazine rings is 1. The van der Waals surface area contributed by atoms with E-state index in [0.717, 1.165) is 38.4 Å². The number of nitrogens with zero attached hydrogens (tertiary/aromatic N) is 4. The van der Waals surface area contributed by atoms with Gasteiger partial charge in [-0.15, -0.1) is 0 Å². The third-order valence-electron chi connectivity index (χ3n) is 4.35. The van der Waals surface area contributed by atoms with Gasteiger partial charge in [-0.2, -0.15) is 5.10 Å². The van der Waals surface area contributed by atoms with Crippen LogP contribution in [0.5, 0.6) is 0 Å². The summed E-state index contributed by atoms with van der Waals surface area (Å²) in [5.41, 5.74) is 4.65. The maximum atomic E-state index is 4.71. The van der Waals surface area contributed by atoms with E-state index in [2.05, 4.69) is 39.3 Å². The Hall–Kier alpha value is -0.910. The van der Waals surface area contributed by atoms with Crippen LogP contribution < -0.4 is 5.43 Å². The Balaban J connectivity index is 1.47. The third-order valence-corrected chi connectivity index (χ3v) is 4.35. The highest BCUT2D eigenvalue weighted by Gasteiger charge is 2.18. The van der Waals surface area contributed by atoms with Gasteiger partial charge in [0.15, 0.2) is 0 Å². The number of hydrogen-bond donors (Lipinski definition) is 1. The number of likely N-dealkylation sites (N-methyl/N-ethyl adjacent to an activating group) is 1. The van der Waals surface area contributed by atoms with Crippen molar-refractivity contribution in [3.8, 4) is 0 Å². The van der Waals surface area contributed by atoms with Crippen LogP contribution in [0, 0.1) is 0 Å². The number of hydrazine groups is 1. The average Bonchev–Trinajstić information content (AvgIpc) is 3.09. The monoisotopic (exact) mass is 263 g/mol. The molecule has 106 valence electrons. The van der Waals surface area contributed by atoms with Crippen molar-refractivity contribution < 1.29 is 0 Å². The second-order valence-electron chi connectivity index (χ2n) is 5.85. The van der Waals surface area contributed by atoms with Gasteiger partial charge in [0.05, 0.1) is 18.3 Å². The van der Waals surface area contributed by atoms with E-state index >= 15 is 0 Å². The van der Waals surface area contributed by atoms with Gasteiger partial charge in [-0.3, -0.25) is 4.68 Å². The standard InChI is InChI=1S/C14H25N5/c1-17-8-10-18(11-9-17)15-12-13-6-7-19(16-13)14-4-2-3-5-14/h6-7,14-15H,2-5,8-12H2,1H3. The lowest BCUT2D eigenvalue weighted by atomic mass is 10.3. The molecule has 19 heavy (non-hydrogen) atoms. The van der Waals surface area contributed by atoms with Crippen molar-refractivity contribution in [3.05, 3.63) is 18.0 Å². The molecule has 0 aromatic carbocycles. The SMILES string of the molecule is CN1CCN(NCc2ccn(C3CCCC3)n2)CC1. The predicted molar refractivity (Wildman–Crippen MR) is 75.6 cm³/mol. The second kappa shape index (κ2) is 6.03. The minimum Gasteiger partial charge on any atom is -0.304 e. The van der Waals surface area contributed by atoms with Crippen LogP contribution in [0.2, 0.25) is 0 Å². The van der Waals surface area contributed by atoms with Gasteiger partial charge >= 0.3 is 0 Å². The summed E-state index contributed by atoms with van der Waals surface area (Å²) < 4.78 is 2.17. The smallest absolute Gasteiger partial charge is 0.0776 e. The minimum absolute atomic E-state index is 0.650. The van der Waals surface area contributed by atoms with Gasteiger partial charge in [0.25, 0.3) is 0 Å². The molecule has 2 heterocycles. The highest BCUT2D eigenvalue weighted by atomic mass is 15.5. The van der Waals surface area contributed by atoms with Gasteiger partial charge in [0.2, 0.25) is 0 Å². The molecular weight excluding hydrogens is 238 g/mol. The summed E-state index contributed by atoms with van der Waals surface area (Å²) in [5, 5.41) is 7.02. The maximum absolute atomic E-state index is 4.71. The molecular formula is C14H25N5. The molecule has 0 atom stereocenters. The minimum atomic E-state index is 0.650. The van der Waals surface area contributed by atoms with Crippen molar-refractivity contribution in [2.75, 3.05) is 33.2 Å². The van der Waals surface area contributed by atoms with Crippen LogP contribution in [-0.2, 0) is 6.54 Å².